The van der Waals surface area contributed by atoms with E-state index in [1.54, 1.807) is 0 Å². The molecule has 0 bridgehead atoms. The monoisotopic (exact) mass is 206 g/mol. The van der Waals surface area contributed by atoms with Crippen LogP contribution in [0.1, 0.15) is 23.1 Å². The van der Waals surface area contributed by atoms with Crippen LogP contribution in [0, 0.1) is 13.8 Å². The van der Waals surface area contributed by atoms with Crippen molar-refractivity contribution in [3.63, 3.8) is 0 Å². The van der Waals surface area contributed by atoms with Crippen LogP contribution in [-0.2, 0) is 11.2 Å². The Kier molecular flexibility index (Phi) is 2.62. The van der Waals surface area contributed by atoms with Crippen molar-refractivity contribution in [2.24, 2.45) is 0 Å². The van der Waals surface area contributed by atoms with E-state index >= 15 is 0 Å². The number of ether oxygens (including phenoxy) is 2. The van der Waals surface area contributed by atoms with Crippen LogP contribution in [-0.4, -0.2) is 13.1 Å². The molecule has 0 aromatic heterocycles. The first-order chi connectivity index (χ1) is 7.24. The Morgan fingerprint density at radius 2 is 2.20 bits per heavy atom. The second kappa shape index (κ2) is 3.93. The van der Waals surface area contributed by atoms with Gasteiger partial charge in [0.15, 0.2) is 11.5 Å². The Balaban J connectivity index is 2.45. The number of carbonyl (C=O) groups excluding carboxylic acids is 1. The fourth-order valence-corrected chi connectivity index (χ4v) is 1.85. The summed E-state index contributed by atoms with van der Waals surface area (Å²) in [5.74, 6) is 1.62. The quantitative estimate of drug-likeness (QED) is 0.711. The van der Waals surface area contributed by atoms with Gasteiger partial charge in [-0.15, -0.1) is 0 Å². The number of hydrogen-bond acceptors (Lipinski definition) is 3. The minimum Gasteiger partial charge on any atom is -0.454 e. The van der Waals surface area contributed by atoms with Crippen LogP contribution in [0.15, 0.2) is 6.07 Å². The van der Waals surface area contributed by atoms with Crippen molar-refractivity contribution in [3.8, 4) is 11.5 Å². The molecular weight excluding hydrogens is 192 g/mol. The van der Waals surface area contributed by atoms with E-state index in [2.05, 4.69) is 6.92 Å². The zero-order valence-corrected chi connectivity index (χ0v) is 9.00. The van der Waals surface area contributed by atoms with Crippen LogP contribution in [0.4, 0.5) is 0 Å². The molecule has 0 atom stereocenters. The molecule has 1 aromatic carbocycles. The van der Waals surface area contributed by atoms with Crippen molar-refractivity contribution in [1.82, 2.24) is 0 Å². The van der Waals surface area contributed by atoms with Crippen molar-refractivity contribution < 1.29 is 14.3 Å². The highest BCUT2D eigenvalue weighted by Crippen LogP contribution is 2.39. The largest absolute Gasteiger partial charge is 0.454 e. The highest BCUT2D eigenvalue weighted by Gasteiger charge is 2.20. The minimum atomic E-state index is 0.284. The normalized spacial score (nSPS) is 12.9. The van der Waals surface area contributed by atoms with E-state index in [9.17, 15) is 4.79 Å². The van der Waals surface area contributed by atoms with E-state index in [0.717, 1.165) is 29.8 Å². The lowest BCUT2D eigenvalue weighted by molar-refractivity contribution is -0.107. The van der Waals surface area contributed by atoms with Gasteiger partial charge in [0.25, 0.3) is 0 Å². The predicted molar refractivity (Wildman–Crippen MR) is 56.4 cm³/mol. The number of hydrogen-bond donors (Lipinski definition) is 0. The van der Waals surface area contributed by atoms with Crippen LogP contribution in [0.5, 0.6) is 11.5 Å². The topological polar surface area (TPSA) is 35.5 Å². The molecule has 0 radical (unpaired) electrons. The van der Waals surface area contributed by atoms with Crippen molar-refractivity contribution in [2.75, 3.05) is 6.79 Å². The lowest BCUT2D eigenvalue weighted by Crippen LogP contribution is -1.97. The molecule has 1 aliphatic heterocycles. The Labute approximate surface area is 89.0 Å². The number of benzene rings is 1. The molecule has 0 spiro atoms. The second-order valence-electron chi connectivity index (χ2n) is 3.74. The van der Waals surface area contributed by atoms with Crippen LogP contribution < -0.4 is 9.47 Å². The molecule has 0 unspecified atom stereocenters. The van der Waals surface area contributed by atoms with Crippen LogP contribution in [0.25, 0.3) is 0 Å². The van der Waals surface area contributed by atoms with Gasteiger partial charge in [0.05, 0.1) is 0 Å². The van der Waals surface area contributed by atoms with Crippen molar-refractivity contribution in [1.29, 1.82) is 0 Å². The SMILES string of the molecule is Cc1cc2c(c(CCC=O)c1C)OCO2. The number of fused-ring (bicyclic) bond motifs is 1. The molecular formula is C12H14O3. The standard InChI is InChI=1S/C12H14O3/c1-8-6-11-12(15-7-14-11)10(9(8)2)4-3-5-13/h5-6H,3-4,7H2,1-2H3. The van der Waals surface area contributed by atoms with E-state index in [1.165, 1.54) is 11.1 Å². The van der Waals surface area contributed by atoms with Gasteiger partial charge in [-0.25, -0.2) is 0 Å². The van der Waals surface area contributed by atoms with E-state index in [1.807, 2.05) is 13.0 Å². The number of rotatable bonds is 3. The highest BCUT2D eigenvalue weighted by molar-refractivity contribution is 5.57. The van der Waals surface area contributed by atoms with Crippen molar-refractivity contribution in [3.05, 3.63) is 22.8 Å². The first kappa shape index (κ1) is 10.0. The maximum absolute atomic E-state index is 10.4. The summed E-state index contributed by atoms with van der Waals surface area (Å²) in [6, 6.07) is 1.99. The fraction of sp³-hybridized carbons (Fsp3) is 0.417. The Morgan fingerprint density at radius 1 is 1.40 bits per heavy atom. The number of aldehydes is 1. The molecule has 1 aromatic rings. The van der Waals surface area contributed by atoms with Crippen LogP contribution >= 0.6 is 0 Å². The summed E-state index contributed by atoms with van der Waals surface area (Å²) in [5, 5.41) is 0. The average Bonchev–Trinajstić information content (AvgIpc) is 2.66. The fourth-order valence-electron chi connectivity index (χ4n) is 1.85. The molecule has 2 rings (SSSR count). The van der Waals surface area contributed by atoms with E-state index < -0.39 is 0 Å². The van der Waals surface area contributed by atoms with E-state index in [-0.39, 0.29) is 6.79 Å². The maximum atomic E-state index is 10.4. The smallest absolute Gasteiger partial charge is 0.231 e. The molecule has 0 saturated carbocycles. The summed E-state index contributed by atoms with van der Waals surface area (Å²) in [6.07, 6.45) is 2.19. The van der Waals surface area contributed by atoms with Gasteiger partial charge in [0, 0.05) is 12.0 Å². The summed E-state index contributed by atoms with van der Waals surface area (Å²) in [7, 11) is 0. The highest BCUT2D eigenvalue weighted by atomic mass is 16.7. The van der Waals surface area contributed by atoms with Gasteiger partial charge in [-0.3, -0.25) is 0 Å². The number of aryl methyl sites for hydroxylation is 1. The number of carbonyl (C=O) groups is 1. The van der Waals surface area contributed by atoms with Crippen molar-refractivity contribution in [2.45, 2.75) is 26.7 Å². The summed E-state index contributed by atoms with van der Waals surface area (Å²) in [5.41, 5.74) is 3.48. The average molecular weight is 206 g/mol. The molecule has 0 amide bonds. The van der Waals surface area contributed by atoms with Gasteiger partial charge >= 0.3 is 0 Å². The molecule has 3 heteroatoms. The summed E-state index contributed by atoms with van der Waals surface area (Å²) in [4.78, 5) is 10.4. The van der Waals surface area contributed by atoms with Crippen LogP contribution in [0.2, 0.25) is 0 Å². The zero-order valence-electron chi connectivity index (χ0n) is 9.00. The van der Waals surface area contributed by atoms with E-state index in [4.69, 9.17) is 9.47 Å². The minimum absolute atomic E-state index is 0.284. The van der Waals surface area contributed by atoms with Gasteiger partial charge in [0.1, 0.15) is 6.29 Å². The molecule has 15 heavy (non-hydrogen) atoms. The Hall–Kier alpha value is -1.51. The molecule has 1 heterocycles. The lowest BCUT2D eigenvalue weighted by atomic mass is 9.98. The maximum Gasteiger partial charge on any atom is 0.231 e. The second-order valence-corrected chi connectivity index (χ2v) is 3.74. The lowest BCUT2D eigenvalue weighted by Gasteiger charge is -2.10. The molecule has 0 fully saturated rings. The first-order valence-corrected chi connectivity index (χ1v) is 5.06. The Morgan fingerprint density at radius 3 is 2.93 bits per heavy atom. The van der Waals surface area contributed by atoms with Gasteiger partial charge in [-0.1, -0.05) is 0 Å². The third kappa shape index (κ3) is 1.69. The molecule has 80 valence electrons. The summed E-state index contributed by atoms with van der Waals surface area (Å²) >= 11 is 0. The predicted octanol–water partition coefficient (Wildman–Crippen LogP) is 2.16. The third-order valence-electron chi connectivity index (χ3n) is 2.82. The van der Waals surface area contributed by atoms with Gasteiger partial charge in [-0.2, -0.15) is 0 Å². The molecule has 0 saturated heterocycles. The summed E-state index contributed by atoms with van der Waals surface area (Å²) in [6.45, 7) is 4.38. The third-order valence-corrected chi connectivity index (χ3v) is 2.82. The summed E-state index contributed by atoms with van der Waals surface area (Å²) < 4.78 is 10.8. The van der Waals surface area contributed by atoms with Crippen molar-refractivity contribution >= 4 is 6.29 Å². The molecule has 0 N–H and O–H groups in total. The van der Waals surface area contributed by atoms with Crippen LogP contribution in [0.3, 0.4) is 0 Å². The Bertz CT molecular complexity index is 396. The van der Waals surface area contributed by atoms with E-state index in [0.29, 0.717) is 6.42 Å². The molecule has 1 aliphatic rings. The van der Waals surface area contributed by atoms with Gasteiger partial charge in [0.2, 0.25) is 6.79 Å². The molecule has 3 nitrogen and oxygen atoms in total. The first-order valence-electron chi connectivity index (χ1n) is 5.06. The van der Waals surface area contributed by atoms with Gasteiger partial charge < -0.3 is 14.3 Å². The van der Waals surface area contributed by atoms with Gasteiger partial charge in [-0.05, 0) is 37.5 Å². The zero-order chi connectivity index (χ0) is 10.8. The molecule has 0 aliphatic carbocycles.